The molecule has 0 unspecified atom stereocenters. The zero-order chi connectivity index (χ0) is 9.42. The van der Waals surface area contributed by atoms with Gasteiger partial charge >= 0.3 is 0 Å². The molecule has 0 N–H and O–H groups in total. The van der Waals surface area contributed by atoms with E-state index in [0.717, 1.165) is 17.4 Å². The number of benzene rings is 1. The normalized spacial score (nSPS) is 10.2. The number of nitriles is 1. The Hall–Kier alpha value is -1.47. The van der Waals surface area contributed by atoms with E-state index in [1.54, 1.807) is 0 Å². The Morgan fingerprint density at radius 1 is 1.31 bits per heavy atom. The van der Waals surface area contributed by atoms with Crippen LogP contribution in [0.25, 0.3) is 10.1 Å². The summed E-state index contributed by atoms with van der Waals surface area (Å²) in [6.45, 7) is 0. The molecule has 0 bridgehead atoms. The molecule has 0 aliphatic rings. The predicted molar refractivity (Wildman–Crippen MR) is 46.5 cm³/mol. The molecule has 2 aromatic rings. The molecule has 1 heterocycles. The lowest BCUT2D eigenvalue weighted by Gasteiger charge is -1.92. The Morgan fingerprint density at radius 2 is 2.08 bits per heavy atom. The van der Waals surface area contributed by atoms with E-state index in [4.69, 9.17) is 5.26 Å². The molecule has 4 heteroatoms. The Bertz CT molecular complexity index is 510. The van der Waals surface area contributed by atoms with Gasteiger partial charge in [0.25, 0.3) is 0 Å². The minimum atomic E-state index is -0.880. The second-order valence-electron chi connectivity index (χ2n) is 2.50. The number of fused-ring (bicyclic) bond motifs is 1. The van der Waals surface area contributed by atoms with Crippen LogP contribution in [0.3, 0.4) is 0 Å². The second-order valence-corrected chi connectivity index (χ2v) is 3.58. The molecule has 0 spiro atoms. The van der Waals surface area contributed by atoms with Gasteiger partial charge in [-0.25, -0.2) is 8.78 Å². The van der Waals surface area contributed by atoms with Crippen LogP contribution < -0.4 is 0 Å². The molecule has 0 aliphatic heterocycles. The summed E-state index contributed by atoms with van der Waals surface area (Å²) < 4.78 is 26.4. The van der Waals surface area contributed by atoms with Crippen LogP contribution in [-0.2, 0) is 0 Å². The van der Waals surface area contributed by atoms with Crippen molar-refractivity contribution >= 4 is 21.4 Å². The largest absolute Gasteiger partial charge is 0.204 e. The highest BCUT2D eigenvalue weighted by Crippen LogP contribution is 2.28. The molecule has 0 saturated heterocycles. The summed E-state index contributed by atoms with van der Waals surface area (Å²) in [4.78, 5) is 0.388. The number of rotatable bonds is 0. The third-order valence-electron chi connectivity index (χ3n) is 1.70. The summed E-state index contributed by atoms with van der Waals surface area (Å²) in [5.41, 5.74) is 0. The fourth-order valence-corrected chi connectivity index (χ4v) is 1.96. The minimum Gasteiger partial charge on any atom is -0.204 e. The van der Waals surface area contributed by atoms with Crippen molar-refractivity contribution in [3.63, 3.8) is 0 Å². The molecule has 64 valence electrons. The molecule has 0 radical (unpaired) electrons. The maximum atomic E-state index is 13.1. The topological polar surface area (TPSA) is 23.8 Å². The molecule has 1 nitrogen and oxygen atoms in total. The van der Waals surface area contributed by atoms with Crippen LogP contribution in [0.15, 0.2) is 18.2 Å². The van der Waals surface area contributed by atoms with Gasteiger partial charge in [-0.15, -0.1) is 11.3 Å². The van der Waals surface area contributed by atoms with Crippen LogP contribution in [0, 0.1) is 23.0 Å². The van der Waals surface area contributed by atoms with Gasteiger partial charge in [0.1, 0.15) is 10.9 Å². The number of hydrogen-bond donors (Lipinski definition) is 0. The van der Waals surface area contributed by atoms with E-state index >= 15 is 0 Å². The second kappa shape index (κ2) is 2.79. The van der Waals surface area contributed by atoms with Crippen molar-refractivity contribution in [3.05, 3.63) is 34.7 Å². The number of halogens is 2. The number of nitrogens with zero attached hydrogens (tertiary/aromatic N) is 1. The van der Waals surface area contributed by atoms with Crippen molar-refractivity contribution in [1.82, 2.24) is 0 Å². The highest BCUT2D eigenvalue weighted by atomic mass is 32.1. The van der Waals surface area contributed by atoms with E-state index in [2.05, 4.69) is 0 Å². The zero-order valence-corrected chi connectivity index (χ0v) is 7.16. The van der Waals surface area contributed by atoms with E-state index in [0.29, 0.717) is 9.58 Å². The maximum absolute atomic E-state index is 13.1. The van der Waals surface area contributed by atoms with E-state index in [9.17, 15) is 8.78 Å². The SMILES string of the molecule is N#Cc1cc2c(F)c(F)ccc2s1. The van der Waals surface area contributed by atoms with Crippen LogP contribution in [0.1, 0.15) is 4.88 Å². The standard InChI is InChI=1S/C9H3F2NS/c10-7-1-2-8-6(9(7)11)3-5(4-12)13-8/h1-3H. The Kier molecular flexibility index (Phi) is 1.74. The summed E-state index contributed by atoms with van der Waals surface area (Å²) in [5, 5.41) is 8.73. The number of hydrogen-bond acceptors (Lipinski definition) is 2. The lowest BCUT2D eigenvalue weighted by molar-refractivity contribution is 0.517. The Balaban J connectivity index is 2.86. The number of thiophene rings is 1. The van der Waals surface area contributed by atoms with Crippen LogP contribution in [0.2, 0.25) is 0 Å². The third kappa shape index (κ3) is 1.18. The van der Waals surface area contributed by atoms with Crippen molar-refractivity contribution in [3.8, 4) is 6.07 Å². The Labute approximate surface area is 76.8 Å². The molecule has 0 aliphatic carbocycles. The first-order chi connectivity index (χ1) is 6.22. The Morgan fingerprint density at radius 3 is 2.77 bits per heavy atom. The van der Waals surface area contributed by atoms with Gasteiger partial charge < -0.3 is 0 Å². The van der Waals surface area contributed by atoms with Gasteiger partial charge in [0, 0.05) is 10.1 Å². The zero-order valence-electron chi connectivity index (χ0n) is 6.34. The van der Waals surface area contributed by atoms with Gasteiger partial charge in [0.15, 0.2) is 11.6 Å². The fourth-order valence-electron chi connectivity index (χ4n) is 1.11. The van der Waals surface area contributed by atoms with Crippen LogP contribution in [0.4, 0.5) is 8.78 Å². The van der Waals surface area contributed by atoms with Gasteiger partial charge in [-0.1, -0.05) is 0 Å². The molecule has 13 heavy (non-hydrogen) atoms. The minimum absolute atomic E-state index is 0.182. The summed E-state index contributed by atoms with van der Waals surface area (Å²) in [6.07, 6.45) is 0. The van der Waals surface area contributed by atoms with Crippen molar-refractivity contribution in [2.24, 2.45) is 0 Å². The van der Waals surface area contributed by atoms with Crippen LogP contribution >= 0.6 is 11.3 Å². The first kappa shape index (κ1) is 8.14. The van der Waals surface area contributed by atoms with Gasteiger partial charge in [0.05, 0.1) is 0 Å². The lowest BCUT2D eigenvalue weighted by atomic mass is 10.2. The van der Waals surface area contributed by atoms with Gasteiger partial charge in [-0.05, 0) is 18.2 Å². The highest BCUT2D eigenvalue weighted by molar-refractivity contribution is 7.19. The average Bonchev–Trinajstić information content (AvgIpc) is 2.55. The summed E-state index contributed by atoms with van der Waals surface area (Å²) >= 11 is 1.15. The first-order valence-corrected chi connectivity index (χ1v) is 4.31. The molecule has 0 saturated carbocycles. The molecular weight excluding hydrogens is 192 g/mol. The van der Waals surface area contributed by atoms with Crippen LogP contribution in [0.5, 0.6) is 0 Å². The summed E-state index contributed by atoms with van der Waals surface area (Å²) in [5.74, 6) is -1.76. The molecule has 2 rings (SSSR count). The molecule has 1 aromatic heterocycles. The molecule has 0 atom stereocenters. The fraction of sp³-hybridized carbons (Fsp3) is 0. The molecular formula is C9H3F2NS. The van der Waals surface area contributed by atoms with Gasteiger partial charge in [-0.2, -0.15) is 5.26 Å². The smallest absolute Gasteiger partial charge is 0.167 e. The highest BCUT2D eigenvalue weighted by Gasteiger charge is 2.09. The third-order valence-corrected chi connectivity index (χ3v) is 2.70. The van der Waals surface area contributed by atoms with Gasteiger partial charge in [-0.3, -0.25) is 0 Å². The quantitative estimate of drug-likeness (QED) is 0.633. The molecule has 0 amide bonds. The van der Waals surface area contributed by atoms with Crippen molar-refractivity contribution < 1.29 is 8.78 Å². The van der Waals surface area contributed by atoms with E-state index in [-0.39, 0.29) is 5.39 Å². The van der Waals surface area contributed by atoms with E-state index in [1.165, 1.54) is 12.1 Å². The van der Waals surface area contributed by atoms with Crippen molar-refractivity contribution in [2.75, 3.05) is 0 Å². The average molecular weight is 195 g/mol. The van der Waals surface area contributed by atoms with Gasteiger partial charge in [0.2, 0.25) is 0 Å². The van der Waals surface area contributed by atoms with E-state index < -0.39 is 11.6 Å². The van der Waals surface area contributed by atoms with Crippen LogP contribution in [-0.4, -0.2) is 0 Å². The van der Waals surface area contributed by atoms with E-state index in [1.807, 2.05) is 6.07 Å². The van der Waals surface area contributed by atoms with Crippen molar-refractivity contribution in [1.29, 1.82) is 5.26 Å². The molecule has 1 aromatic carbocycles. The predicted octanol–water partition coefficient (Wildman–Crippen LogP) is 3.05. The first-order valence-electron chi connectivity index (χ1n) is 3.50. The lowest BCUT2D eigenvalue weighted by Crippen LogP contribution is -1.81. The molecule has 0 fully saturated rings. The van der Waals surface area contributed by atoms with Crippen molar-refractivity contribution in [2.45, 2.75) is 0 Å². The summed E-state index contributed by atoms with van der Waals surface area (Å²) in [7, 11) is 0. The summed E-state index contributed by atoms with van der Waals surface area (Å²) in [6, 6.07) is 5.79. The monoisotopic (exact) mass is 195 g/mol. The maximum Gasteiger partial charge on any atom is 0.167 e.